The molecule has 3 saturated carbocycles. The van der Waals surface area contributed by atoms with E-state index in [4.69, 9.17) is 4.74 Å². The Bertz CT molecular complexity index is 1040. The monoisotopic (exact) mass is 518 g/mol. The van der Waals surface area contributed by atoms with Gasteiger partial charge in [0.05, 0.1) is 17.5 Å². The molecule has 11 atom stereocenters. The number of hydrogen-bond donors (Lipinski definition) is 2. The summed E-state index contributed by atoms with van der Waals surface area (Å²) >= 11 is 0. The Labute approximate surface area is 220 Å². The molecule has 204 valence electrons. The smallest absolute Gasteiger partial charge is 0.208 e. The number of piperidine rings is 1. The summed E-state index contributed by atoms with van der Waals surface area (Å²) < 4.78 is 33.9. The number of rotatable bonds is 2. The summed E-state index contributed by atoms with van der Waals surface area (Å²) in [5, 5.41) is 3.89. The molecule has 0 aromatic carbocycles. The third-order valence-electron chi connectivity index (χ3n) is 12.4. The van der Waals surface area contributed by atoms with Gasteiger partial charge in [-0.2, -0.15) is 0 Å². The Morgan fingerprint density at radius 3 is 2.61 bits per heavy atom. The normalized spacial score (nSPS) is 52.9. The van der Waals surface area contributed by atoms with Crippen molar-refractivity contribution in [3.8, 4) is 0 Å². The molecule has 6 rings (SSSR count). The van der Waals surface area contributed by atoms with Crippen LogP contribution >= 0.6 is 0 Å². The Hall–Kier alpha value is -0.430. The summed E-state index contributed by atoms with van der Waals surface area (Å²) in [4.78, 5) is 0. The summed E-state index contributed by atoms with van der Waals surface area (Å²) in [6.45, 7) is 13.3. The highest BCUT2D eigenvalue weighted by molar-refractivity contribution is 7.88. The number of hydrogen-bond acceptors (Lipinski definition) is 4. The topological polar surface area (TPSA) is 67.4 Å². The van der Waals surface area contributed by atoms with Crippen LogP contribution in [0.2, 0.25) is 0 Å². The van der Waals surface area contributed by atoms with Crippen LogP contribution in [0.15, 0.2) is 11.1 Å². The largest absolute Gasteiger partial charge is 0.367 e. The highest BCUT2D eigenvalue weighted by Crippen LogP contribution is 2.65. The summed E-state index contributed by atoms with van der Waals surface area (Å²) in [6, 6.07) is 0.604. The molecule has 1 spiro atoms. The van der Waals surface area contributed by atoms with Gasteiger partial charge in [-0.25, -0.2) is 13.1 Å². The van der Waals surface area contributed by atoms with Gasteiger partial charge in [-0.15, -0.1) is 0 Å². The van der Waals surface area contributed by atoms with Gasteiger partial charge in [0.15, 0.2) is 0 Å². The van der Waals surface area contributed by atoms with Gasteiger partial charge in [-0.05, 0) is 120 Å². The molecule has 4 aliphatic carbocycles. The van der Waals surface area contributed by atoms with E-state index in [2.05, 4.69) is 44.7 Å². The van der Waals surface area contributed by atoms with Crippen molar-refractivity contribution in [2.45, 2.75) is 122 Å². The highest BCUT2D eigenvalue weighted by atomic mass is 32.2. The van der Waals surface area contributed by atoms with Crippen LogP contribution in [0.4, 0.5) is 0 Å². The Kier molecular flexibility index (Phi) is 6.12. The molecule has 0 radical (unpaired) electrons. The van der Waals surface area contributed by atoms with E-state index in [1.54, 1.807) is 11.1 Å². The van der Waals surface area contributed by atoms with Gasteiger partial charge in [-0.3, -0.25) is 0 Å². The van der Waals surface area contributed by atoms with E-state index in [1.807, 2.05) is 0 Å². The molecule has 6 aliphatic rings. The van der Waals surface area contributed by atoms with Crippen molar-refractivity contribution in [3.05, 3.63) is 11.1 Å². The van der Waals surface area contributed by atoms with Gasteiger partial charge in [0.2, 0.25) is 10.0 Å². The van der Waals surface area contributed by atoms with Crippen molar-refractivity contribution in [2.24, 2.45) is 40.9 Å². The van der Waals surface area contributed by atoms with Crippen molar-refractivity contribution in [2.75, 3.05) is 12.8 Å². The second-order valence-electron chi connectivity index (χ2n) is 14.7. The average Bonchev–Trinajstić information content (AvgIpc) is 3.20. The fourth-order valence-corrected chi connectivity index (χ4v) is 11.7. The molecule has 2 N–H and O–H groups in total. The Balaban J connectivity index is 1.23. The average molecular weight is 519 g/mol. The molecule has 5 nitrogen and oxygen atoms in total. The van der Waals surface area contributed by atoms with E-state index >= 15 is 0 Å². The summed E-state index contributed by atoms with van der Waals surface area (Å²) in [5.74, 6) is 4.18. The number of fused-ring (bicyclic) bond motifs is 6. The molecule has 36 heavy (non-hydrogen) atoms. The van der Waals surface area contributed by atoms with Crippen LogP contribution in [0.25, 0.3) is 0 Å². The highest BCUT2D eigenvalue weighted by Gasteiger charge is 2.62. The van der Waals surface area contributed by atoms with E-state index < -0.39 is 10.0 Å². The van der Waals surface area contributed by atoms with Gasteiger partial charge < -0.3 is 10.1 Å². The number of sulfonamides is 1. The van der Waals surface area contributed by atoms with E-state index in [1.165, 1.54) is 51.2 Å². The Morgan fingerprint density at radius 1 is 1.08 bits per heavy atom. The maximum Gasteiger partial charge on any atom is 0.208 e. The zero-order valence-electron chi connectivity index (χ0n) is 23.5. The van der Waals surface area contributed by atoms with Crippen LogP contribution in [-0.2, 0) is 14.8 Å². The quantitative estimate of drug-likeness (QED) is 0.479. The second kappa shape index (κ2) is 8.53. The molecule has 2 aliphatic heterocycles. The lowest BCUT2D eigenvalue weighted by Gasteiger charge is -2.54. The molecule has 2 heterocycles. The minimum absolute atomic E-state index is 0.0100. The van der Waals surface area contributed by atoms with E-state index in [9.17, 15) is 8.42 Å². The van der Waals surface area contributed by atoms with Gasteiger partial charge in [0, 0.05) is 18.0 Å². The third kappa shape index (κ3) is 3.98. The van der Waals surface area contributed by atoms with Gasteiger partial charge in [-0.1, -0.05) is 31.9 Å². The summed E-state index contributed by atoms with van der Waals surface area (Å²) in [5.41, 5.74) is 3.74. The van der Waals surface area contributed by atoms with Gasteiger partial charge in [0.1, 0.15) is 0 Å². The number of nitrogens with one attached hydrogen (secondary N) is 2. The van der Waals surface area contributed by atoms with Crippen LogP contribution in [-0.4, -0.2) is 44.5 Å². The summed E-state index contributed by atoms with van der Waals surface area (Å²) in [6.07, 6.45) is 13.1. The minimum Gasteiger partial charge on any atom is -0.367 e. The second-order valence-corrected chi connectivity index (χ2v) is 16.5. The first-order chi connectivity index (χ1) is 16.8. The van der Waals surface area contributed by atoms with E-state index in [0.717, 1.165) is 43.6 Å². The summed E-state index contributed by atoms with van der Waals surface area (Å²) in [7, 11) is -3.13. The van der Waals surface area contributed by atoms with Crippen molar-refractivity contribution in [3.63, 3.8) is 0 Å². The van der Waals surface area contributed by atoms with Crippen LogP contribution in [0.1, 0.15) is 98.8 Å². The molecular formula is C30H50N2O3S. The lowest BCUT2D eigenvalue weighted by Crippen LogP contribution is -2.55. The molecule has 6 heteroatoms. The van der Waals surface area contributed by atoms with Crippen molar-refractivity contribution in [1.29, 1.82) is 0 Å². The third-order valence-corrected chi connectivity index (χ3v) is 13.1. The number of ether oxygens (including phenoxy) is 1. The first-order valence-electron chi connectivity index (χ1n) is 14.9. The molecule has 5 fully saturated rings. The molecule has 0 aromatic rings. The maximum absolute atomic E-state index is 11.9. The van der Waals surface area contributed by atoms with Crippen LogP contribution < -0.4 is 10.0 Å². The standard InChI is InChI=1S/C30H50N2O3S/c1-18-15-29(5)27(31-17-18)20(3)30(35-29)12-10-23-24-8-7-21-13-22(32-36(6,33)34)9-11-28(21,4)26(24)14-25(23)19(2)16-30/h18,20-24,26-27,31-32H,7-17H2,1-6H3/t18-,20+,21+,22+,23?,24-,26?,27-,28-,29?,30-/m0/s1. The van der Waals surface area contributed by atoms with Crippen molar-refractivity contribution < 1.29 is 13.2 Å². The SMILES string of the molecule is CC1=C2CC3[C@@H](CC[C@@H]4C[C@H](NS(C)(=O)=O)CC[C@]34C)C2CC[C@@]2(C1)OC1(C)C[C@H](C)CN[C@H]1[C@H]2C. The lowest BCUT2D eigenvalue weighted by molar-refractivity contribution is -0.124. The molecular weight excluding hydrogens is 468 g/mol. The minimum atomic E-state index is -3.13. The number of allylic oxidation sites excluding steroid dienone is 1. The molecule has 0 aromatic heterocycles. The molecule has 3 unspecified atom stereocenters. The predicted octanol–water partition coefficient (Wildman–Crippen LogP) is 5.42. The van der Waals surface area contributed by atoms with Crippen LogP contribution in [0.5, 0.6) is 0 Å². The van der Waals surface area contributed by atoms with E-state index in [-0.39, 0.29) is 17.2 Å². The maximum atomic E-state index is 11.9. The van der Waals surface area contributed by atoms with Crippen molar-refractivity contribution in [1.82, 2.24) is 10.0 Å². The molecule has 0 amide bonds. The fraction of sp³-hybridized carbons (Fsp3) is 0.933. The van der Waals surface area contributed by atoms with Gasteiger partial charge in [0.25, 0.3) is 0 Å². The predicted molar refractivity (Wildman–Crippen MR) is 145 cm³/mol. The zero-order chi connectivity index (χ0) is 25.7. The molecule has 0 bridgehead atoms. The van der Waals surface area contributed by atoms with Crippen molar-refractivity contribution >= 4 is 10.0 Å². The van der Waals surface area contributed by atoms with Crippen LogP contribution in [0.3, 0.4) is 0 Å². The first kappa shape index (κ1) is 25.8. The lowest BCUT2D eigenvalue weighted by atomic mass is 9.52. The zero-order valence-corrected chi connectivity index (χ0v) is 24.3. The van der Waals surface area contributed by atoms with E-state index in [0.29, 0.717) is 29.2 Å². The van der Waals surface area contributed by atoms with Crippen LogP contribution in [0, 0.1) is 40.9 Å². The first-order valence-corrected chi connectivity index (χ1v) is 16.8. The Morgan fingerprint density at radius 2 is 1.86 bits per heavy atom. The van der Waals surface area contributed by atoms with Gasteiger partial charge >= 0.3 is 0 Å². The fourth-order valence-electron chi connectivity index (χ4n) is 10.9. The molecule has 2 saturated heterocycles.